The Morgan fingerprint density at radius 2 is 2.12 bits per heavy atom. The van der Waals surface area contributed by atoms with Crippen LogP contribution in [0.1, 0.15) is 11.3 Å². The molecule has 0 saturated carbocycles. The van der Waals surface area contributed by atoms with E-state index in [1.54, 1.807) is 18.3 Å². The van der Waals surface area contributed by atoms with Gasteiger partial charge < -0.3 is 10.5 Å². The largest absolute Gasteiger partial charge is 0.487 e. The summed E-state index contributed by atoms with van der Waals surface area (Å²) < 4.78 is 5.67. The van der Waals surface area contributed by atoms with Gasteiger partial charge in [0.15, 0.2) is 0 Å². The standard InChI is InChI=1S/C13H13ClN2O/c14-11-5-4-10(8-15)13(7-11)17-9-12-3-1-2-6-16-12/h1-7H,8-9,15H2. The number of nitrogens with two attached hydrogens (primary N) is 1. The molecule has 0 aliphatic carbocycles. The Balaban J connectivity index is 2.11. The minimum Gasteiger partial charge on any atom is -0.487 e. The summed E-state index contributed by atoms with van der Waals surface area (Å²) in [5.74, 6) is 0.714. The number of aromatic nitrogens is 1. The van der Waals surface area contributed by atoms with Crippen LogP contribution in [0.5, 0.6) is 5.75 Å². The Morgan fingerprint density at radius 3 is 2.82 bits per heavy atom. The highest BCUT2D eigenvalue weighted by Crippen LogP contribution is 2.23. The number of benzene rings is 1. The summed E-state index contributed by atoms with van der Waals surface area (Å²) in [5.41, 5.74) is 7.44. The smallest absolute Gasteiger partial charge is 0.130 e. The Hall–Kier alpha value is -1.58. The zero-order chi connectivity index (χ0) is 12.1. The molecule has 2 aromatic rings. The molecule has 1 aromatic carbocycles. The lowest BCUT2D eigenvalue weighted by molar-refractivity contribution is 0.298. The van der Waals surface area contributed by atoms with Gasteiger partial charge in [-0.3, -0.25) is 4.98 Å². The molecular formula is C13H13ClN2O. The Bertz CT molecular complexity index is 488. The minimum atomic E-state index is 0.411. The molecule has 0 fully saturated rings. The van der Waals surface area contributed by atoms with Gasteiger partial charge in [0.05, 0.1) is 5.69 Å². The van der Waals surface area contributed by atoms with Crippen molar-refractivity contribution in [2.24, 2.45) is 5.73 Å². The highest BCUT2D eigenvalue weighted by Gasteiger charge is 2.04. The lowest BCUT2D eigenvalue weighted by Gasteiger charge is -2.10. The van der Waals surface area contributed by atoms with E-state index in [0.29, 0.717) is 23.9 Å². The third kappa shape index (κ3) is 3.19. The van der Waals surface area contributed by atoms with Gasteiger partial charge in [0.2, 0.25) is 0 Å². The Morgan fingerprint density at radius 1 is 1.24 bits per heavy atom. The summed E-state index contributed by atoms with van der Waals surface area (Å²) in [6.07, 6.45) is 1.74. The Kier molecular flexibility index (Phi) is 3.96. The van der Waals surface area contributed by atoms with Crippen LogP contribution in [0.4, 0.5) is 0 Å². The normalized spacial score (nSPS) is 10.2. The van der Waals surface area contributed by atoms with Gasteiger partial charge >= 0.3 is 0 Å². The molecule has 0 aliphatic heterocycles. The fourth-order valence-corrected chi connectivity index (χ4v) is 1.63. The molecule has 1 aromatic heterocycles. The predicted octanol–water partition coefficient (Wildman–Crippen LogP) is 2.77. The van der Waals surface area contributed by atoms with Gasteiger partial charge in [0, 0.05) is 23.3 Å². The fraction of sp³-hybridized carbons (Fsp3) is 0.154. The average Bonchev–Trinajstić information content (AvgIpc) is 2.38. The summed E-state index contributed by atoms with van der Waals surface area (Å²) in [6.45, 7) is 0.836. The van der Waals surface area contributed by atoms with E-state index in [1.807, 2.05) is 24.3 Å². The second-order valence-electron chi connectivity index (χ2n) is 3.57. The zero-order valence-corrected chi connectivity index (χ0v) is 10.0. The van der Waals surface area contributed by atoms with E-state index in [2.05, 4.69) is 4.98 Å². The molecule has 1 heterocycles. The zero-order valence-electron chi connectivity index (χ0n) is 9.27. The van der Waals surface area contributed by atoms with Crippen molar-refractivity contribution in [3.8, 4) is 5.75 Å². The predicted molar refractivity (Wildman–Crippen MR) is 67.9 cm³/mol. The second-order valence-corrected chi connectivity index (χ2v) is 4.00. The third-order valence-electron chi connectivity index (χ3n) is 2.35. The number of nitrogens with zero attached hydrogens (tertiary/aromatic N) is 1. The van der Waals surface area contributed by atoms with Crippen molar-refractivity contribution in [3.63, 3.8) is 0 Å². The maximum Gasteiger partial charge on any atom is 0.130 e. The summed E-state index contributed by atoms with van der Waals surface area (Å²) in [6, 6.07) is 11.1. The summed E-state index contributed by atoms with van der Waals surface area (Å²) in [7, 11) is 0. The summed E-state index contributed by atoms with van der Waals surface area (Å²) in [5, 5.41) is 0.637. The topological polar surface area (TPSA) is 48.1 Å². The molecule has 2 N–H and O–H groups in total. The lowest BCUT2D eigenvalue weighted by Crippen LogP contribution is -2.03. The van der Waals surface area contributed by atoms with Gasteiger partial charge in [-0.05, 0) is 24.3 Å². The van der Waals surface area contributed by atoms with E-state index >= 15 is 0 Å². The molecule has 88 valence electrons. The maximum atomic E-state index is 5.92. The van der Waals surface area contributed by atoms with Gasteiger partial charge in [-0.15, -0.1) is 0 Å². The van der Waals surface area contributed by atoms with Crippen LogP contribution in [-0.2, 0) is 13.2 Å². The summed E-state index contributed by atoms with van der Waals surface area (Å²) >= 11 is 5.92. The monoisotopic (exact) mass is 248 g/mol. The number of hydrogen-bond acceptors (Lipinski definition) is 3. The minimum absolute atomic E-state index is 0.411. The number of halogens is 1. The van der Waals surface area contributed by atoms with Crippen LogP contribution in [-0.4, -0.2) is 4.98 Å². The van der Waals surface area contributed by atoms with Gasteiger partial charge in [-0.25, -0.2) is 0 Å². The number of pyridine rings is 1. The number of ether oxygens (including phenoxy) is 1. The van der Waals surface area contributed by atoms with Gasteiger partial charge in [0.25, 0.3) is 0 Å². The Labute approximate surface area is 105 Å². The SMILES string of the molecule is NCc1ccc(Cl)cc1OCc1ccccn1. The van der Waals surface area contributed by atoms with Crippen LogP contribution >= 0.6 is 11.6 Å². The first-order valence-electron chi connectivity index (χ1n) is 5.31. The molecule has 3 nitrogen and oxygen atoms in total. The van der Waals surface area contributed by atoms with E-state index in [-0.39, 0.29) is 0 Å². The van der Waals surface area contributed by atoms with Crippen molar-refractivity contribution in [2.75, 3.05) is 0 Å². The van der Waals surface area contributed by atoms with E-state index in [1.165, 1.54) is 0 Å². The molecule has 0 atom stereocenters. The van der Waals surface area contributed by atoms with Gasteiger partial charge in [-0.2, -0.15) is 0 Å². The van der Waals surface area contributed by atoms with Crippen LogP contribution < -0.4 is 10.5 Å². The van der Waals surface area contributed by atoms with Crippen LogP contribution in [0.2, 0.25) is 5.02 Å². The van der Waals surface area contributed by atoms with Crippen molar-refractivity contribution in [2.45, 2.75) is 13.2 Å². The number of rotatable bonds is 4. The molecule has 2 rings (SSSR count). The highest BCUT2D eigenvalue weighted by molar-refractivity contribution is 6.30. The first kappa shape index (κ1) is 11.9. The lowest BCUT2D eigenvalue weighted by atomic mass is 10.2. The molecule has 0 radical (unpaired) electrons. The van der Waals surface area contributed by atoms with Crippen molar-refractivity contribution in [1.29, 1.82) is 0 Å². The van der Waals surface area contributed by atoms with Gasteiger partial charge in [-0.1, -0.05) is 23.7 Å². The van der Waals surface area contributed by atoms with Crippen molar-refractivity contribution in [3.05, 3.63) is 58.9 Å². The van der Waals surface area contributed by atoms with Crippen LogP contribution in [0, 0.1) is 0 Å². The molecule has 0 saturated heterocycles. The number of hydrogen-bond donors (Lipinski definition) is 1. The molecule has 0 bridgehead atoms. The molecule has 17 heavy (non-hydrogen) atoms. The van der Waals surface area contributed by atoms with Crippen LogP contribution in [0.3, 0.4) is 0 Å². The van der Waals surface area contributed by atoms with Crippen LogP contribution in [0.25, 0.3) is 0 Å². The molecule has 0 spiro atoms. The van der Waals surface area contributed by atoms with E-state index in [4.69, 9.17) is 22.1 Å². The second kappa shape index (κ2) is 5.66. The molecule has 0 unspecified atom stereocenters. The van der Waals surface area contributed by atoms with Crippen molar-refractivity contribution in [1.82, 2.24) is 4.98 Å². The van der Waals surface area contributed by atoms with E-state index in [0.717, 1.165) is 11.3 Å². The molecule has 4 heteroatoms. The van der Waals surface area contributed by atoms with Crippen molar-refractivity contribution < 1.29 is 4.74 Å². The van der Waals surface area contributed by atoms with Crippen LogP contribution in [0.15, 0.2) is 42.6 Å². The van der Waals surface area contributed by atoms with Crippen molar-refractivity contribution >= 4 is 11.6 Å². The fourth-order valence-electron chi connectivity index (χ4n) is 1.47. The first-order valence-corrected chi connectivity index (χ1v) is 5.68. The molecular weight excluding hydrogens is 236 g/mol. The third-order valence-corrected chi connectivity index (χ3v) is 2.59. The van der Waals surface area contributed by atoms with E-state index in [9.17, 15) is 0 Å². The molecule has 0 aliphatic rings. The summed E-state index contributed by atoms with van der Waals surface area (Å²) in [4.78, 5) is 4.18. The highest BCUT2D eigenvalue weighted by atomic mass is 35.5. The molecule has 0 amide bonds. The quantitative estimate of drug-likeness (QED) is 0.905. The van der Waals surface area contributed by atoms with E-state index < -0.39 is 0 Å². The van der Waals surface area contributed by atoms with Gasteiger partial charge in [0.1, 0.15) is 12.4 Å². The average molecular weight is 249 g/mol. The maximum absolute atomic E-state index is 5.92. The first-order chi connectivity index (χ1) is 8.29.